The Morgan fingerprint density at radius 3 is 2.57 bits per heavy atom. The number of hydrogen-bond acceptors (Lipinski definition) is 2. The summed E-state index contributed by atoms with van der Waals surface area (Å²) in [7, 11) is 0. The Labute approximate surface area is 43.0 Å². The molecule has 0 aromatic heterocycles. The van der Waals surface area contributed by atoms with Crippen LogP contribution in [0.4, 0.5) is 4.39 Å². The van der Waals surface area contributed by atoms with Crippen LogP contribution in [-0.4, -0.2) is 22.0 Å². The standard InChI is InChI=1S/C2H5FO3S/c3-1-2-6-7(4)5/h1-2H2,(H,4,5). The summed E-state index contributed by atoms with van der Waals surface area (Å²) >= 11 is -2.31. The summed E-state index contributed by atoms with van der Waals surface area (Å²) in [4.78, 5) is 0. The summed E-state index contributed by atoms with van der Waals surface area (Å²) in [5.74, 6) is 0. The average molecular weight is 128 g/mol. The molecule has 7 heavy (non-hydrogen) atoms. The predicted octanol–water partition coefficient (Wildman–Crippen LogP) is 0.109. The third-order valence-corrected chi connectivity index (χ3v) is 0.630. The summed E-state index contributed by atoms with van der Waals surface area (Å²) in [5.41, 5.74) is 0. The molecule has 0 aromatic rings. The van der Waals surface area contributed by atoms with Crippen LogP contribution < -0.4 is 0 Å². The van der Waals surface area contributed by atoms with Gasteiger partial charge < -0.3 is 0 Å². The highest BCUT2D eigenvalue weighted by atomic mass is 32.2. The molecule has 0 fully saturated rings. The fourth-order valence-electron chi connectivity index (χ4n) is 0.103. The molecule has 44 valence electrons. The summed E-state index contributed by atoms with van der Waals surface area (Å²) in [6.07, 6.45) is 0. The van der Waals surface area contributed by atoms with Gasteiger partial charge in [-0.25, -0.2) is 4.39 Å². The molecule has 0 spiro atoms. The van der Waals surface area contributed by atoms with Gasteiger partial charge >= 0.3 is 11.4 Å². The lowest BCUT2D eigenvalue weighted by Crippen LogP contribution is -1.97. The van der Waals surface area contributed by atoms with Gasteiger partial charge in [-0.05, 0) is 0 Å². The number of hydrogen-bond donors (Lipinski definition) is 1. The normalized spacial score (nSPS) is 14.0. The van der Waals surface area contributed by atoms with Crippen LogP contribution in [0.3, 0.4) is 0 Å². The Bertz CT molecular complexity index is 66.0. The van der Waals surface area contributed by atoms with Gasteiger partial charge in [0.05, 0.1) is 6.61 Å². The van der Waals surface area contributed by atoms with E-state index in [-0.39, 0.29) is 6.61 Å². The molecule has 0 radical (unpaired) electrons. The zero-order chi connectivity index (χ0) is 5.70. The van der Waals surface area contributed by atoms with Crippen molar-refractivity contribution in [1.82, 2.24) is 0 Å². The number of halogens is 1. The molecule has 0 heterocycles. The Balaban J connectivity index is 2.82. The van der Waals surface area contributed by atoms with E-state index in [0.29, 0.717) is 0 Å². The molecule has 0 saturated heterocycles. The van der Waals surface area contributed by atoms with Crippen LogP contribution in [-0.2, 0) is 15.5 Å². The van der Waals surface area contributed by atoms with Crippen LogP contribution in [0.5, 0.6) is 0 Å². The van der Waals surface area contributed by atoms with Crippen LogP contribution in [0.2, 0.25) is 0 Å². The number of rotatable bonds is 3. The van der Waals surface area contributed by atoms with Gasteiger partial charge in [0.1, 0.15) is 6.67 Å². The Kier molecular flexibility index (Phi) is 4.17. The van der Waals surface area contributed by atoms with Crippen molar-refractivity contribution in [2.45, 2.75) is 0 Å². The Hall–Kier alpha value is -0.0000000000000000555. The molecular weight excluding hydrogens is 123 g/mol. The van der Waals surface area contributed by atoms with E-state index in [1.54, 1.807) is 0 Å². The highest BCUT2D eigenvalue weighted by molar-refractivity contribution is 7.74. The molecule has 5 heteroatoms. The lowest BCUT2D eigenvalue weighted by molar-refractivity contribution is 0.269. The minimum Gasteiger partial charge on any atom is -0.284 e. The van der Waals surface area contributed by atoms with Gasteiger partial charge in [-0.2, -0.15) is 4.21 Å². The number of alkyl halides is 1. The zero-order valence-electron chi connectivity index (χ0n) is 3.46. The van der Waals surface area contributed by atoms with Crippen molar-refractivity contribution in [1.29, 1.82) is 0 Å². The smallest absolute Gasteiger partial charge is 0.284 e. The van der Waals surface area contributed by atoms with Crippen molar-refractivity contribution in [3.63, 3.8) is 0 Å². The summed E-state index contributed by atoms with van der Waals surface area (Å²) in [5, 5.41) is 0. The molecule has 0 bridgehead atoms. The molecule has 0 aromatic carbocycles. The quantitative estimate of drug-likeness (QED) is 0.549. The van der Waals surface area contributed by atoms with E-state index in [1.165, 1.54) is 0 Å². The summed E-state index contributed by atoms with van der Waals surface area (Å²) in [6, 6.07) is 0. The summed E-state index contributed by atoms with van der Waals surface area (Å²) < 4.78 is 32.1. The van der Waals surface area contributed by atoms with Crippen molar-refractivity contribution >= 4 is 11.4 Å². The van der Waals surface area contributed by atoms with Gasteiger partial charge in [0, 0.05) is 0 Å². The molecule has 1 N–H and O–H groups in total. The van der Waals surface area contributed by atoms with Crippen molar-refractivity contribution in [3.05, 3.63) is 0 Å². The predicted molar refractivity (Wildman–Crippen MR) is 22.7 cm³/mol. The van der Waals surface area contributed by atoms with Crippen LogP contribution in [0.1, 0.15) is 0 Å². The van der Waals surface area contributed by atoms with E-state index in [0.717, 1.165) is 0 Å². The monoisotopic (exact) mass is 128 g/mol. The van der Waals surface area contributed by atoms with E-state index in [9.17, 15) is 8.60 Å². The first-order valence-electron chi connectivity index (χ1n) is 1.57. The van der Waals surface area contributed by atoms with Crippen LogP contribution in [0, 0.1) is 0 Å². The third kappa shape index (κ3) is 6.00. The molecule has 1 unspecified atom stereocenters. The molecule has 0 rings (SSSR count). The van der Waals surface area contributed by atoms with Gasteiger partial charge in [0.2, 0.25) is 0 Å². The zero-order valence-corrected chi connectivity index (χ0v) is 4.28. The largest absolute Gasteiger partial charge is 0.301 e. The second-order valence-corrected chi connectivity index (χ2v) is 1.40. The van der Waals surface area contributed by atoms with Crippen LogP contribution in [0.25, 0.3) is 0 Å². The fourth-order valence-corrected chi connectivity index (χ4v) is 0.308. The van der Waals surface area contributed by atoms with Crippen molar-refractivity contribution in [3.8, 4) is 0 Å². The molecule has 0 amide bonds. The molecule has 0 saturated carbocycles. The van der Waals surface area contributed by atoms with E-state index in [1.807, 2.05) is 0 Å². The van der Waals surface area contributed by atoms with Gasteiger partial charge in [-0.3, -0.25) is 8.74 Å². The van der Waals surface area contributed by atoms with Gasteiger partial charge in [-0.15, -0.1) is 0 Å². The maximum Gasteiger partial charge on any atom is 0.301 e. The first-order chi connectivity index (χ1) is 3.27. The highest BCUT2D eigenvalue weighted by Gasteiger charge is 1.88. The van der Waals surface area contributed by atoms with Gasteiger partial charge in [0.25, 0.3) is 0 Å². The van der Waals surface area contributed by atoms with Crippen molar-refractivity contribution in [2.24, 2.45) is 0 Å². The lowest BCUT2D eigenvalue weighted by atomic mass is 10.9. The molecule has 0 aliphatic rings. The second kappa shape index (κ2) is 4.17. The maximum absolute atomic E-state index is 11.0. The van der Waals surface area contributed by atoms with Gasteiger partial charge in [0.15, 0.2) is 0 Å². The minimum absolute atomic E-state index is 0.316. The van der Waals surface area contributed by atoms with E-state index >= 15 is 0 Å². The Morgan fingerprint density at radius 2 is 2.43 bits per heavy atom. The Morgan fingerprint density at radius 1 is 1.86 bits per heavy atom. The highest BCUT2D eigenvalue weighted by Crippen LogP contribution is 1.77. The molecule has 0 aliphatic carbocycles. The van der Waals surface area contributed by atoms with E-state index < -0.39 is 18.0 Å². The SMILES string of the molecule is O=S(O)OCCF. The molecule has 3 nitrogen and oxygen atoms in total. The molecule has 0 aliphatic heterocycles. The van der Waals surface area contributed by atoms with Crippen molar-refractivity contribution in [2.75, 3.05) is 13.3 Å². The fraction of sp³-hybridized carbons (Fsp3) is 1.00. The summed E-state index contributed by atoms with van der Waals surface area (Å²) in [6.45, 7) is -1.05. The third-order valence-electron chi connectivity index (χ3n) is 0.261. The van der Waals surface area contributed by atoms with E-state index in [2.05, 4.69) is 4.18 Å². The average Bonchev–Trinajstić information content (AvgIpc) is 1.61. The topological polar surface area (TPSA) is 46.5 Å². The first-order valence-corrected chi connectivity index (χ1v) is 2.60. The molecular formula is C2H5FO3S. The van der Waals surface area contributed by atoms with E-state index in [4.69, 9.17) is 4.55 Å². The second-order valence-electron chi connectivity index (χ2n) is 0.728. The maximum atomic E-state index is 11.0. The van der Waals surface area contributed by atoms with Crippen molar-refractivity contribution < 1.29 is 17.3 Å². The van der Waals surface area contributed by atoms with Crippen LogP contribution in [0.15, 0.2) is 0 Å². The first kappa shape index (κ1) is 7.00. The van der Waals surface area contributed by atoms with Crippen LogP contribution >= 0.6 is 0 Å². The molecule has 1 atom stereocenters. The lowest BCUT2D eigenvalue weighted by Gasteiger charge is -1.87. The van der Waals surface area contributed by atoms with Gasteiger partial charge in [-0.1, -0.05) is 0 Å². The minimum atomic E-state index is -2.31.